The summed E-state index contributed by atoms with van der Waals surface area (Å²) in [6.45, 7) is 0.682. The summed E-state index contributed by atoms with van der Waals surface area (Å²) in [4.78, 5) is 78.1. The Kier molecular flexibility index (Phi) is 16.3. The van der Waals surface area contributed by atoms with Crippen molar-refractivity contribution in [2.45, 2.75) is 81.1 Å². The maximum Gasteiger partial charge on any atom is 0.410 e. The third-order valence-electron chi connectivity index (χ3n) is 12.0. The van der Waals surface area contributed by atoms with Crippen LogP contribution in [0.1, 0.15) is 66.8 Å². The van der Waals surface area contributed by atoms with Crippen LogP contribution < -0.4 is 11.1 Å². The molecule has 17 heteroatoms. The number of oxazole rings is 1. The van der Waals surface area contributed by atoms with Gasteiger partial charge >= 0.3 is 12.2 Å². The smallest absolute Gasteiger partial charge is 0.410 e. The first kappa shape index (κ1) is 47.5. The van der Waals surface area contributed by atoms with Crippen LogP contribution in [-0.4, -0.2) is 115 Å². The quantitative estimate of drug-likeness (QED) is 0.0706. The van der Waals surface area contributed by atoms with Crippen LogP contribution in [0, 0.1) is 5.92 Å². The standard InChI is InChI=1S/C49H56N6O10S/c50-26-13-12-19-37(45(57)46-51-40-22-10-11-23-44(40)65-46)31-43(56)42-32-38(64-49(60)53-27-14-28-54(30-29-53)66(61,62)39-20-8-3-9-21-39)33-55(42)47(58)41(25-24-35-15-4-1-5-16-35)52-48(59)63-34-36-17-6-2-7-18-36/h1-11,15-18,20-23,37-38,41-42H,12-14,19,24-34,50H2,(H,52,59)/t37-,38-,41-,42+/m1/s1. The van der Waals surface area contributed by atoms with Gasteiger partial charge in [-0.05, 0) is 74.0 Å². The highest BCUT2D eigenvalue weighted by atomic mass is 32.2. The summed E-state index contributed by atoms with van der Waals surface area (Å²) in [6.07, 6.45) is -0.473. The zero-order chi connectivity index (χ0) is 46.5. The highest BCUT2D eigenvalue weighted by Gasteiger charge is 2.45. The number of unbranched alkanes of at least 4 members (excludes halogenated alkanes) is 1. The van der Waals surface area contributed by atoms with E-state index < -0.39 is 63.8 Å². The second kappa shape index (κ2) is 22.7. The molecular formula is C49H56N6O10S. The molecule has 4 atom stereocenters. The van der Waals surface area contributed by atoms with Gasteiger partial charge in [-0.25, -0.2) is 23.0 Å². The first-order chi connectivity index (χ1) is 32.0. The molecule has 0 unspecified atom stereocenters. The summed E-state index contributed by atoms with van der Waals surface area (Å²) in [7, 11) is -3.80. The number of nitrogens with one attached hydrogen (secondary N) is 1. The SMILES string of the molecule is NCCCC[C@H](CC(=O)[C@@H]1C[C@@H](OC(=O)N2CCCN(S(=O)(=O)c3ccccc3)CC2)CN1C(=O)[C@@H](CCc1ccccc1)NC(=O)OCc1ccccc1)C(=O)c1nc2ccccc2o1. The van der Waals surface area contributed by atoms with E-state index in [0.717, 1.165) is 11.1 Å². The van der Waals surface area contributed by atoms with Gasteiger partial charge in [0, 0.05) is 44.9 Å². The molecule has 66 heavy (non-hydrogen) atoms. The summed E-state index contributed by atoms with van der Waals surface area (Å²) >= 11 is 0. The highest BCUT2D eigenvalue weighted by Crippen LogP contribution is 2.29. The van der Waals surface area contributed by atoms with Crippen molar-refractivity contribution in [3.63, 3.8) is 0 Å². The summed E-state index contributed by atoms with van der Waals surface area (Å²) < 4.78 is 45.6. The van der Waals surface area contributed by atoms with E-state index in [1.807, 2.05) is 48.5 Å². The van der Waals surface area contributed by atoms with Crippen molar-refractivity contribution in [3.05, 3.63) is 132 Å². The number of nitrogens with two attached hydrogens (primary N) is 1. The molecule has 0 radical (unpaired) electrons. The number of benzene rings is 4. The number of rotatable bonds is 19. The van der Waals surface area contributed by atoms with Crippen LogP contribution in [0.15, 0.2) is 125 Å². The molecule has 3 heterocycles. The number of para-hydroxylation sites is 2. The first-order valence-electron chi connectivity index (χ1n) is 22.4. The fourth-order valence-corrected chi connectivity index (χ4v) is 9.91. The molecule has 5 aromatic rings. The molecule has 2 fully saturated rings. The molecule has 348 valence electrons. The van der Waals surface area contributed by atoms with E-state index in [4.69, 9.17) is 19.6 Å². The molecule has 7 rings (SSSR count). The van der Waals surface area contributed by atoms with Crippen molar-refractivity contribution in [1.29, 1.82) is 0 Å². The average Bonchev–Trinajstić information content (AvgIpc) is 3.88. The molecule has 2 aliphatic heterocycles. The Morgan fingerprint density at radius 2 is 1.48 bits per heavy atom. The van der Waals surface area contributed by atoms with E-state index in [1.54, 1.807) is 54.6 Å². The second-order valence-electron chi connectivity index (χ2n) is 16.6. The normalized spacial score (nSPS) is 17.7. The fraction of sp³-hybridized carbons (Fsp3) is 0.388. The van der Waals surface area contributed by atoms with Crippen molar-refractivity contribution >= 4 is 50.8 Å². The number of Topliss-reactive ketones (excluding diaryl/α,β-unsaturated/α-hetero) is 2. The molecule has 0 spiro atoms. The van der Waals surface area contributed by atoms with Crippen LogP contribution in [0.2, 0.25) is 0 Å². The van der Waals surface area contributed by atoms with E-state index in [2.05, 4.69) is 10.3 Å². The molecule has 1 aromatic heterocycles. The number of carbonyl (C=O) groups excluding carboxylic acids is 5. The minimum atomic E-state index is -3.80. The zero-order valence-electron chi connectivity index (χ0n) is 36.7. The Hall–Kier alpha value is -6.43. The van der Waals surface area contributed by atoms with E-state index >= 15 is 0 Å². The van der Waals surface area contributed by atoms with Crippen molar-refractivity contribution in [1.82, 2.24) is 24.4 Å². The number of aryl methyl sites for hydroxylation is 1. The molecular weight excluding hydrogens is 865 g/mol. The number of aromatic nitrogens is 1. The number of hydrogen-bond donors (Lipinski definition) is 2. The number of carbonyl (C=O) groups is 5. The van der Waals surface area contributed by atoms with Gasteiger partial charge in [0.25, 0.3) is 5.89 Å². The van der Waals surface area contributed by atoms with E-state index in [0.29, 0.717) is 49.7 Å². The Labute approximate surface area is 384 Å². The number of nitrogens with zero attached hydrogens (tertiary/aromatic N) is 4. The van der Waals surface area contributed by atoms with Gasteiger partial charge in [0.05, 0.1) is 17.5 Å². The molecule has 0 bridgehead atoms. The van der Waals surface area contributed by atoms with Crippen molar-refractivity contribution in [3.8, 4) is 0 Å². The highest BCUT2D eigenvalue weighted by molar-refractivity contribution is 7.89. The van der Waals surface area contributed by atoms with Gasteiger partial charge in [0.15, 0.2) is 11.4 Å². The number of ether oxygens (including phenoxy) is 2. The Bertz CT molecular complexity index is 2510. The number of likely N-dealkylation sites (tertiary alicyclic amines) is 1. The van der Waals surface area contributed by atoms with E-state index in [9.17, 15) is 32.4 Å². The third kappa shape index (κ3) is 12.3. The third-order valence-corrected chi connectivity index (χ3v) is 13.9. The minimum Gasteiger partial charge on any atom is -0.445 e. The number of ketones is 2. The molecule has 3 amide bonds. The molecule has 0 saturated carbocycles. The topological polar surface area (TPSA) is 212 Å². The molecule has 16 nitrogen and oxygen atoms in total. The predicted octanol–water partition coefficient (Wildman–Crippen LogP) is 6.15. The summed E-state index contributed by atoms with van der Waals surface area (Å²) in [5, 5.41) is 2.74. The van der Waals surface area contributed by atoms with Gasteiger partial charge in [-0.15, -0.1) is 0 Å². The second-order valence-corrected chi connectivity index (χ2v) is 18.5. The van der Waals surface area contributed by atoms with E-state index in [1.165, 1.54) is 26.2 Å². The van der Waals surface area contributed by atoms with Crippen molar-refractivity contribution < 1.29 is 46.3 Å². The lowest BCUT2D eigenvalue weighted by molar-refractivity contribution is -0.139. The largest absolute Gasteiger partial charge is 0.445 e. The first-order valence-corrected chi connectivity index (χ1v) is 23.9. The van der Waals surface area contributed by atoms with Gasteiger partial charge in [0.1, 0.15) is 24.3 Å². The van der Waals surface area contributed by atoms with Gasteiger partial charge in [-0.2, -0.15) is 4.31 Å². The van der Waals surface area contributed by atoms with E-state index in [-0.39, 0.29) is 69.4 Å². The Morgan fingerprint density at radius 3 is 2.20 bits per heavy atom. The Morgan fingerprint density at radius 1 is 0.803 bits per heavy atom. The molecule has 2 saturated heterocycles. The maximum atomic E-state index is 14.9. The van der Waals surface area contributed by atoms with Crippen LogP contribution in [0.3, 0.4) is 0 Å². The fourth-order valence-electron chi connectivity index (χ4n) is 8.42. The van der Waals surface area contributed by atoms with Crippen LogP contribution in [-0.2, 0) is 42.1 Å². The summed E-state index contributed by atoms with van der Waals surface area (Å²) in [6, 6.07) is 31.3. The summed E-state index contributed by atoms with van der Waals surface area (Å²) in [5.41, 5.74) is 8.40. The number of fused-ring (bicyclic) bond motifs is 1. The lowest BCUT2D eigenvalue weighted by atomic mass is 9.89. The number of hydrogen-bond acceptors (Lipinski definition) is 12. The van der Waals surface area contributed by atoms with Gasteiger partial charge in [0.2, 0.25) is 21.7 Å². The predicted molar refractivity (Wildman–Crippen MR) is 244 cm³/mol. The lowest BCUT2D eigenvalue weighted by Crippen LogP contribution is -2.52. The Balaban J connectivity index is 1.11. The van der Waals surface area contributed by atoms with Crippen LogP contribution in [0.5, 0.6) is 0 Å². The molecule has 2 aliphatic rings. The van der Waals surface area contributed by atoms with Gasteiger partial charge in [-0.1, -0.05) is 97.4 Å². The van der Waals surface area contributed by atoms with Crippen molar-refractivity contribution in [2.75, 3.05) is 39.3 Å². The monoisotopic (exact) mass is 920 g/mol. The molecule has 0 aliphatic carbocycles. The van der Waals surface area contributed by atoms with Crippen LogP contribution >= 0.6 is 0 Å². The summed E-state index contributed by atoms with van der Waals surface area (Å²) in [5.74, 6) is -2.46. The lowest BCUT2D eigenvalue weighted by Gasteiger charge is -2.29. The molecule has 3 N–H and O–H groups in total. The van der Waals surface area contributed by atoms with Gasteiger partial charge < -0.3 is 34.7 Å². The van der Waals surface area contributed by atoms with Crippen molar-refractivity contribution in [2.24, 2.45) is 11.7 Å². The maximum absolute atomic E-state index is 14.9. The van der Waals surface area contributed by atoms with Gasteiger partial charge in [-0.3, -0.25) is 14.4 Å². The molecule has 4 aromatic carbocycles. The van der Waals surface area contributed by atoms with Crippen LogP contribution in [0.4, 0.5) is 9.59 Å². The zero-order valence-corrected chi connectivity index (χ0v) is 37.6. The number of amides is 3. The number of sulfonamides is 1. The minimum absolute atomic E-state index is 0.0392. The average molecular weight is 921 g/mol. The number of alkyl carbamates (subject to hydrolysis) is 1. The van der Waals surface area contributed by atoms with Crippen LogP contribution in [0.25, 0.3) is 11.1 Å².